The van der Waals surface area contributed by atoms with Crippen LogP contribution in [0, 0.1) is 11.3 Å². The van der Waals surface area contributed by atoms with Crippen molar-refractivity contribution in [2.24, 2.45) is 0 Å². The summed E-state index contributed by atoms with van der Waals surface area (Å²) < 4.78 is 0.983. The number of piperazine rings is 1. The average molecular weight is 394 g/mol. The molecule has 0 amide bonds. The maximum Gasteiger partial charge on any atom is 0.128 e. The summed E-state index contributed by atoms with van der Waals surface area (Å²) in [6, 6.07) is 14.3. The summed E-state index contributed by atoms with van der Waals surface area (Å²) >= 11 is 3.42. The first-order chi connectivity index (χ1) is 12.3. The van der Waals surface area contributed by atoms with E-state index in [1.165, 1.54) is 0 Å². The summed E-state index contributed by atoms with van der Waals surface area (Å²) in [6.07, 6.45) is 3.51. The van der Waals surface area contributed by atoms with Crippen molar-refractivity contribution in [1.82, 2.24) is 9.97 Å². The van der Waals surface area contributed by atoms with E-state index >= 15 is 0 Å². The lowest BCUT2D eigenvalue weighted by Crippen LogP contribution is -2.47. The van der Waals surface area contributed by atoms with Gasteiger partial charge in [-0.25, -0.2) is 4.98 Å². The van der Waals surface area contributed by atoms with Gasteiger partial charge < -0.3 is 9.80 Å². The van der Waals surface area contributed by atoms with E-state index in [0.717, 1.165) is 53.1 Å². The second-order valence-electron chi connectivity index (χ2n) is 5.96. The highest BCUT2D eigenvalue weighted by Gasteiger charge is 2.22. The van der Waals surface area contributed by atoms with Gasteiger partial charge in [-0.15, -0.1) is 0 Å². The molecule has 0 unspecified atom stereocenters. The highest BCUT2D eigenvalue weighted by atomic mass is 79.9. The van der Waals surface area contributed by atoms with Crippen LogP contribution in [0.4, 0.5) is 11.5 Å². The minimum Gasteiger partial charge on any atom is -0.366 e. The van der Waals surface area contributed by atoms with E-state index in [0.29, 0.717) is 5.56 Å². The Morgan fingerprint density at radius 1 is 0.920 bits per heavy atom. The van der Waals surface area contributed by atoms with Gasteiger partial charge >= 0.3 is 0 Å². The normalized spacial score (nSPS) is 14.6. The van der Waals surface area contributed by atoms with Gasteiger partial charge in [-0.2, -0.15) is 5.26 Å². The quantitative estimate of drug-likeness (QED) is 0.665. The Morgan fingerprint density at radius 3 is 2.40 bits per heavy atom. The summed E-state index contributed by atoms with van der Waals surface area (Å²) in [4.78, 5) is 13.5. The van der Waals surface area contributed by atoms with Crippen molar-refractivity contribution in [2.45, 2.75) is 0 Å². The second kappa shape index (κ2) is 6.69. The zero-order valence-electron chi connectivity index (χ0n) is 13.6. The molecule has 1 aliphatic heterocycles. The highest BCUT2D eigenvalue weighted by molar-refractivity contribution is 9.10. The fraction of sp³-hybridized carbons (Fsp3) is 0.211. The molecule has 0 spiro atoms. The Labute approximate surface area is 154 Å². The molecule has 1 saturated heterocycles. The topological polar surface area (TPSA) is 56.1 Å². The fourth-order valence-corrected chi connectivity index (χ4v) is 3.50. The molecule has 0 radical (unpaired) electrons. The van der Waals surface area contributed by atoms with Gasteiger partial charge in [0.05, 0.1) is 16.8 Å². The van der Waals surface area contributed by atoms with Crippen molar-refractivity contribution >= 4 is 38.3 Å². The summed E-state index contributed by atoms with van der Waals surface area (Å²) in [5.74, 6) is 0.989. The smallest absolute Gasteiger partial charge is 0.128 e. The van der Waals surface area contributed by atoms with Gasteiger partial charge in [0, 0.05) is 48.4 Å². The summed E-state index contributed by atoms with van der Waals surface area (Å²) in [6.45, 7) is 3.44. The van der Waals surface area contributed by atoms with Crippen LogP contribution in [-0.2, 0) is 0 Å². The molecule has 1 aromatic carbocycles. The van der Waals surface area contributed by atoms with Crippen LogP contribution < -0.4 is 9.80 Å². The SMILES string of the molecule is N#Cc1cnc2ccccc2c1N1CCN(c2ccc(Br)cn2)CC1. The molecule has 25 heavy (non-hydrogen) atoms. The number of fused-ring (bicyclic) bond motifs is 1. The number of anilines is 2. The van der Waals surface area contributed by atoms with E-state index in [9.17, 15) is 5.26 Å². The monoisotopic (exact) mass is 393 g/mol. The van der Waals surface area contributed by atoms with E-state index in [1.807, 2.05) is 42.6 Å². The molecular formula is C19H16BrN5. The molecular weight excluding hydrogens is 378 g/mol. The molecule has 1 aliphatic rings. The van der Waals surface area contributed by atoms with E-state index in [-0.39, 0.29) is 0 Å². The molecule has 0 bridgehead atoms. The molecule has 3 aromatic rings. The van der Waals surface area contributed by atoms with E-state index in [1.54, 1.807) is 6.20 Å². The van der Waals surface area contributed by atoms with Crippen LogP contribution in [0.2, 0.25) is 0 Å². The number of aromatic nitrogens is 2. The van der Waals surface area contributed by atoms with Crippen LogP contribution in [0.25, 0.3) is 10.9 Å². The van der Waals surface area contributed by atoms with Crippen LogP contribution >= 0.6 is 15.9 Å². The van der Waals surface area contributed by atoms with Crippen molar-refractivity contribution in [3.05, 3.63) is 58.8 Å². The molecule has 0 saturated carbocycles. The van der Waals surface area contributed by atoms with Crippen LogP contribution in [0.5, 0.6) is 0 Å². The van der Waals surface area contributed by atoms with Crippen molar-refractivity contribution in [3.8, 4) is 6.07 Å². The van der Waals surface area contributed by atoms with Gasteiger partial charge in [0.1, 0.15) is 11.9 Å². The zero-order valence-corrected chi connectivity index (χ0v) is 15.1. The van der Waals surface area contributed by atoms with Gasteiger partial charge in [-0.3, -0.25) is 4.98 Å². The van der Waals surface area contributed by atoms with Crippen molar-refractivity contribution < 1.29 is 0 Å². The fourth-order valence-electron chi connectivity index (χ4n) is 3.26. The first-order valence-corrected chi connectivity index (χ1v) is 8.95. The summed E-state index contributed by atoms with van der Waals surface area (Å²) in [7, 11) is 0. The first kappa shape index (κ1) is 15.9. The molecule has 0 aliphatic carbocycles. The lowest BCUT2D eigenvalue weighted by atomic mass is 10.1. The Hall–Kier alpha value is -2.65. The van der Waals surface area contributed by atoms with Crippen molar-refractivity contribution in [2.75, 3.05) is 36.0 Å². The number of para-hydroxylation sites is 1. The van der Waals surface area contributed by atoms with Crippen LogP contribution in [0.3, 0.4) is 0 Å². The lowest BCUT2D eigenvalue weighted by molar-refractivity contribution is 0.648. The molecule has 0 N–H and O–H groups in total. The van der Waals surface area contributed by atoms with Crippen LogP contribution in [-0.4, -0.2) is 36.1 Å². The maximum absolute atomic E-state index is 9.52. The predicted molar refractivity (Wildman–Crippen MR) is 103 cm³/mol. The number of hydrogen-bond donors (Lipinski definition) is 0. The number of nitrogens with zero attached hydrogens (tertiary/aromatic N) is 5. The number of nitriles is 1. The summed E-state index contributed by atoms with van der Waals surface area (Å²) in [5.41, 5.74) is 2.55. The Morgan fingerprint density at radius 2 is 1.68 bits per heavy atom. The van der Waals surface area contributed by atoms with Gasteiger partial charge in [0.25, 0.3) is 0 Å². The third-order valence-corrected chi connectivity index (χ3v) is 4.97. The number of halogens is 1. The van der Waals surface area contributed by atoms with Crippen molar-refractivity contribution in [3.63, 3.8) is 0 Å². The molecule has 3 heterocycles. The standard InChI is InChI=1S/C19H16BrN5/c20-15-5-6-18(23-13-15)24-7-9-25(10-8-24)19-14(11-21)12-22-17-4-2-1-3-16(17)19/h1-6,12-13H,7-10H2. The molecule has 6 heteroatoms. The highest BCUT2D eigenvalue weighted by Crippen LogP contribution is 2.30. The summed E-state index contributed by atoms with van der Waals surface area (Å²) in [5, 5.41) is 10.6. The van der Waals surface area contributed by atoms with Crippen LogP contribution in [0.15, 0.2) is 53.3 Å². The lowest BCUT2D eigenvalue weighted by Gasteiger charge is -2.37. The molecule has 2 aromatic heterocycles. The maximum atomic E-state index is 9.52. The van der Waals surface area contributed by atoms with Crippen molar-refractivity contribution in [1.29, 1.82) is 5.26 Å². The zero-order chi connectivity index (χ0) is 17.2. The third kappa shape index (κ3) is 3.03. The Bertz CT molecular complexity index is 940. The average Bonchev–Trinajstić information content (AvgIpc) is 2.68. The number of benzene rings is 1. The molecule has 124 valence electrons. The van der Waals surface area contributed by atoms with Crippen LogP contribution in [0.1, 0.15) is 5.56 Å². The molecule has 5 nitrogen and oxygen atoms in total. The Balaban J connectivity index is 1.62. The minimum absolute atomic E-state index is 0.633. The molecule has 4 rings (SSSR count). The van der Waals surface area contributed by atoms with E-state index in [4.69, 9.17) is 0 Å². The predicted octanol–water partition coefficient (Wildman–Crippen LogP) is 3.59. The molecule has 0 atom stereocenters. The largest absolute Gasteiger partial charge is 0.366 e. The third-order valence-electron chi connectivity index (χ3n) is 4.50. The second-order valence-corrected chi connectivity index (χ2v) is 6.87. The molecule has 1 fully saturated rings. The number of rotatable bonds is 2. The number of pyridine rings is 2. The van der Waals surface area contributed by atoms with E-state index < -0.39 is 0 Å². The van der Waals surface area contributed by atoms with Gasteiger partial charge in [-0.05, 0) is 34.1 Å². The Kier molecular flexibility index (Phi) is 4.24. The van der Waals surface area contributed by atoms with E-state index in [2.05, 4.69) is 41.8 Å². The van der Waals surface area contributed by atoms with Gasteiger partial charge in [-0.1, -0.05) is 18.2 Å². The van der Waals surface area contributed by atoms with Gasteiger partial charge in [0.15, 0.2) is 0 Å². The van der Waals surface area contributed by atoms with Gasteiger partial charge in [0.2, 0.25) is 0 Å². The minimum atomic E-state index is 0.633. The number of hydrogen-bond acceptors (Lipinski definition) is 5. The first-order valence-electron chi connectivity index (χ1n) is 8.15.